The molecule has 0 saturated heterocycles. The second-order valence-electron chi connectivity index (χ2n) is 11.0. The lowest BCUT2D eigenvalue weighted by atomic mass is 9.76. The van der Waals surface area contributed by atoms with E-state index in [4.69, 9.17) is 9.47 Å². The third-order valence-electron chi connectivity index (χ3n) is 8.27. The van der Waals surface area contributed by atoms with Gasteiger partial charge in [0.25, 0.3) is 0 Å². The first kappa shape index (κ1) is 27.0. The van der Waals surface area contributed by atoms with Crippen molar-refractivity contribution in [1.82, 2.24) is 0 Å². The molecular weight excluding hydrogens is 376 g/mol. The van der Waals surface area contributed by atoms with Crippen LogP contribution in [0.5, 0.6) is 0 Å². The number of rotatable bonds is 12. The monoisotopic (exact) mass is 424 g/mol. The molecule has 1 aliphatic rings. The zero-order chi connectivity index (χ0) is 22.9. The number of hydrogen-bond acceptors (Lipinski definition) is 4. The molecule has 1 rings (SSSR count). The first-order chi connectivity index (χ1) is 13.9. The van der Waals surface area contributed by atoms with Gasteiger partial charge in [0, 0.05) is 0 Å². The second kappa shape index (κ2) is 12.1. The first-order valence-corrected chi connectivity index (χ1v) is 12.3. The highest BCUT2D eigenvalue weighted by atomic mass is 16.5. The fourth-order valence-electron chi connectivity index (χ4n) is 4.23. The molecular formula is C26H48O4. The van der Waals surface area contributed by atoms with E-state index in [1.807, 2.05) is 0 Å². The van der Waals surface area contributed by atoms with Gasteiger partial charge in [-0.25, -0.2) is 0 Å². The van der Waals surface area contributed by atoms with Gasteiger partial charge in [-0.05, 0) is 61.2 Å². The summed E-state index contributed by atoms with van der Waals surface area (Å²) in [6.07, 6.45) is 6.96. The molecule has 4 nitrogen and oxygen atoms in total. The summed E-state index contributed by atoms with van der Waals surface area (Å²) in [6.45, 7) is 18.9. The molecule has 30 heavy (non-hydrogen) atoms. The molecule has 1 fully saturated rings. The van der Waals surface area contributed by atoms with Crippen LogP contribution >= 0.6 is 0 Å². The Bertz CT molecular complexity index is 481. The van der Waals surface area contributed by atoms with E-state index in [0.29, 0.717) is 25.0 Å². The largest absolute Gasteiger partial charge is 0.465 e. The van der Waals surface area contributed by atoms with E-state index in [1.165, 1.54) is 0 Å². The molecule has 2 unspecified atom stereocenters. The highest BCUT2D eigenvalue weighted by Gasteiger charge is 2.33. The molecule has 0 heterocycles. The van der Waals surface area contributed by atoms with Crippen molar-refractivity contribution >= 4 is 11.9 Å². The van der Waals surface area contributed by atoms with Crippen LogP contribution in [0.4, 0.5) is 0 Å². The Kier molecular flexibility index (Phi) is 10.9. The smallest absolute Gasteiger partial charge is 0.308 e. The van der Waals surface area contributed by atoms with Crippen LogP contribution in [0, 0.1) is 34.5 Å². The SMILES string of the molecule is CCC(C)C(C)(C)CCOC(=O)C1CCC(C(=O)OCCC(C)(C)C(C)CC)CC1. The summed E-state index contributed by atoms with van der Waals surface area (Å²) in [4.78, 5) is 24.9. The molecule has 0 N–H and O–H groups in total. The van der Waals surface area contributed by atoms with Gasteiger partial charge in [0.1, 0.15) is 0 Å². The number of ether oxygens (including phenoxy) is 2. The Morgan fingerprint density at radius 3 is 1.30 bits per heavy atom. The zero-order valence-corrected chi connectivity index (χ0v) is 21.0. The third-order valence-corrected chi connectivity index (χ3v) is 8.27. The van der Waals surface area contributed by atoms with Gasteiger partial charge < -0.3 is 9.47 Å². The van der Waals surface area contributed by atoms with Crippen molar-refractivity contribution in [1.29, 1.82) is 0 Å². The summed E-state index contributed by atoms with van der Waals surface area (Å²) in [6, 6.07) is 0. The summed E-state index contributed by atoms with van der Waals surface area (Å²) in [7, 11) is 0. The van der Waals surface area contributed by atoms with Crippen molar-refractivity contribution in [3.8, 4) is 0 Å². The molecule has 1 aliphatic carbocycles. The van der Waals surface area contributed by atoms with Crippen LogP contribution < -0.4 is 0 Å². The highest BCUT2D eigenvalue weighted by molar-refractivity contribution is 5.75. The summed E-state index contributed by atoms with van der Waals surface area (Å²) >= 11 is 0. The Hall–Kier alpha value is -1.06. The first-order valence-electron chi connectivity index (χ1n) is 12.3. The van der Waals surface area contributed by atoms with E-state index < -0.39 is 0 Å². The maximum Gasteiger partial charge on any atom is 0.308 e. The minimum Gasteiger partial charge on any atom is -0.465 e. The molecule has 0 radical (unpaired) electrons. The zero-order valence-electron chi connectivity index (χ0n) is 21.0. The van der Waals surface area contributed by atoms with Crippen LogP contribution in [0.25, 0.3) is 0 Å². The number of hydrogen-bond donors (Lipinski definition) is 0. The average Bonchev–Trinajstić information content (AvgIpc) is 2.71. The number of carbonyl (C=O) groups is 2. The predicted molar refractivity (Wildman–Crippen MR) is 123 cm³/mol. The lowest BCUT2D eigenvalue weighted by Gasteiger charge is -2.32. The van der Waals surface area contributed by atoms with Gasteiger partial charge in [-0.15, -0.1) is 0 Å². The maximum absolute atomic E-state index is 12.4. The van der Waals surface area contributed by atoms with Crippen molar-refractivity contribution in [3.63, 3.8) is 0 Å². The molecule has 0 spiro atoms. The quantitative estimate of drug-likeness (QED) is 0.323. The summed E-state index contributed by atoms with van der Waals surface area (Å²) in [5.41, 5.74) is 0.361. The van der Waals surface area contributed by atoms with Gasteiger partial charge >= 0.3 is 11.9 Å². The molecule has 0 aromatic heterocycles. The fraction of sp³-hybridized carbons (Fsp3) is 0.923. The Balaban J connectivity index is 2.32. The Morgan fingerprint density at radius 1 is 0.733 bits per heavy atom. The molecule has 0 aromatic carbocycles. The van der Waals surface area contributed by atoms with E-state index in [-0.39, 0.29) is 34.6 Å². The molecule has 176 valence electrons. The fourth-order valence-corrected chi connectivity index (χ4v) is 4.23. The standard InChI is InChI=1S/C26H48O4/c1-9-19(3)25(5,6)15-17-29-23(27)21-11-13-22(14-12-21)24(28)30-18-16-26(7,8)20(4)10-2/h19-22H,9-18H2,1-8H3. The predicted octanol–water partition coefficient (Wildman–Crippen LogP) is 6.80. The molecule has 4 heteroatoms. The normalized spacial score (nSPS) is 22.3. The topological polar surface area (TPSA) is 52.6 Å². The summed E-state index contributed by atoms with van der Waals surface area (Å²) < 4.78 is 11.2. The van der Waals surface area contributed by atoms with Crippen LogP contribution in [-0.4, -0.2) is 25.2 Å². The molecule has 0 amide bonds. The van der Waals surface area contributed by atoms with Crippen molar-refractivity contribution in [2.75, 3.05) is 13.2 Å². The molecule has 0 aliphatic heterocycles. The van der Waals surface area contributed by atoms with Crippen LogP contribution in [-0.2, 0) is 19.1 Å². The van der Waals surface area contributed by atoms with E-state index in [1.54, 1.807) is 0 Å². The second-order valence-corrected chi connectivity index (χ2v) is 11.0. The van der Waals surface area contributed by atoms with E-state index in [0.717, 1.165) is 51.4 Å². The van der Waals surface area contributed by atoms with E-state index in [2.05, 4.69) is 55.4 Å². The average molecular weight is 425 g/mol. The van der Waals surface area contributed by atoms with Crippen molar-refractivity contribution in [2.45, 2.75) is 107 Å². The van der Waals surface area contributed by atoms with Crippen molar-refractivity contribution in [2.24, 2.45) is 34.5 Å². The Labute approximate surface area is 185 Å². The molecule has 0 aromatic rings. The summed E-state index contributed by atoms with van der Waals surface area (Å²) in [5.74, 6) is 0.908. The van der Waals surface area contributed by atoms with Crippen molar-refractivity contribution < 1.29 is 19.1 Å². The van der Waals surface area contributed by atoms with Gasteiger partial charge in [-0.1, -0.05) is 68.2 Å². The Morgan fingerprint density at radius 2 is 1.03 bits per heavy atom. The van der Waals surface area contributed by atoms with Crippen LogP contribution in [0.1, 0.15) is 107 Å². The van der Waals surface area contributed by atoms with Crippen LogP contribution in [0.15, 0.2) is 0 Å². The lowest BCUT2D eigenvalue weighted by molar-refractivity contribution is -0.156. The minimum absolute atomic E-state index is 0.0647. The molecule has 0 bridgehead atoms. The van der Waals surface area contributed by atoms with Gasteiger partial charge in [-0.3, -0.25) is 9.59 Å². The molecule has 2 atom stereocenters. The lowest BCUT2D eigenvalue weighted by Crippen LogP contribution is -2.30. The molecule has 1 saturated carbocycles. The van der Waals surface area contributed by atoms with Gasteiger partial charge in [0.05, 0.1) is 25.0 Å². The van der Waals surface area contributed by atoms with E-state index in [9.17, 15) is 9.59 Å². The number of esters is 2. The summed E-state index contributed by atoms with van der Waals surface area (Å²) in [5, 5.41) is 0. The maximum atomic E-state index is 12.4. The van der Waals surface area contributed by atoms with Crippen LogP contribution in [0.2, 0.25) is 0 Å². The minimum atomic E-state index is -0.0860. The number of carbonyl (C=O) groups excluding carboxylic acids is 2. The van der Waals surface area contributed by atoms with Gasteiger partial charge in [-0.2, -0.15) is 0 Å². The van der Waals surface area contributed by atoms with Crippen molar-refractivity contribution in [3.05, 3.63) is 0 Å². The van der Waals surface area contributed by atoms with Gasteiger partial charge in [0.15, 0.2) is 0 Å². The van der Waals surface area contributed by atoms with Gasteiger partial charge in [0.2, 0.25) is 0 Å². The third kappa shape index (κ3) is 8.23. The highest BCUT2D eigenvalue weighted by Crippen LogP contribution is 2.35. The van der Waals surface area contributed by atoms with Crippen LogP contribution in [0.3, 0.4) is 0 Å². The van der Waals surface area contributed by atoms with E-state index >= 15 is 0 Å².